The third kappa shape index (κ3) is 3.92. The maximum Gasteiger partial charge on any atom is 0.417 e. The van der Waals surface area contributed by atoms with Crippen molar-refractivity contribution in [1.29, 1.82) is 0 Å². The van der Waals surface area contributed by atoms with Crippen LogP contribution in [0.25, 0.3) is 0 Å². The standard InChI is InChI=1S/C21H19F5N2O4/c1-9-15(12-4-5-13(22)16(23)17(12)30)18(32-20(9,3)21(24,25)26)19(31)28-11-6-7-27-14(8-11)10(2)29/h4-9,15,18,30H,1-3H3,(H,27,28,31)/t9-,15-,18+,20+/m1/s1. The minimum Gasteiger partial charge on any atom is -0.505 e. The number of benzene rings is 1. The number of Topliss-reactive ketones (excluding diaryl/α,β-unsaturated/α-hetero) is 1. The highest BCUT2D eigenvalue weighted by molar-refractivity contribution is 5.97. The fourth-order valence-electron chi connectivity index (χ4n) is 3.76. The summed E-state index contributed by atoms with van der Waals surface area (Å²) in [5.74, 6) is -8.59. The van der Waals surface area contributed by atoms with Gasteiger partial charge >= 0.3 is 6.18 Å². The molecule has 1 fully saturated rings. The lowest BCUT2D eigenvalue weighted by Gasteiger charge is -2.31. The van der Waals surface area contributed by atoms with Gasteiger partial charge in [-0.2, -0.15) is 17.6 Å². The van der Waals surface area contributed by atoms with Crippen LogP contribution in [0.2, 0.25) is 0 Å². The first-order valence-electron chi connectivity index (χ1n) is 9.47. The molecule has 3 rings (SSSR count). The molecule has 0 radical (unpaired) electrons. The number of ether oxygens (including phenoxy) is 1. The Labute approximate surface area is 179 Å². The van der Waals surface area contributed by atoms with Gasteiger partial charge in [-0.1, -0.05) is 13.0 Å². The molecule has 172 valence electrons. The predicted octanol–water partition coefficient (Wildman–Crippen LogP) is 4.35. The zero-order valence-corrected chi connectivity index (χ0v) is 17.1. The number of phenolic OH excluding ortho intramolecular Hbond substituents is 1. The van der Waals surface area contributed by atoms with Crippen molar-refractivity contribution in [2.45, 2.75) is 44.6 Å². The van der Waals surface area contributed by atoms with Crippen LogP contribution in [-0.4, -0.2) is 39.7 Å². The molecule has 4 atom stereocenters. The molecule has 2 heterocycles. The molecule has 0 aliphatic carbocycles. The Balaban J connectivity index is 2.05. The van der Waals surface area contributed by atoms with Crippen molar-refractivity contribution in [1.82, 2.24) is 4.98 Å². The maximum atomic E-state index is 14.0. The molecule has 2 aromatic rings. The number of carbonyl (C=O) groups excluding carboxylic acids is 2. The molecule has 1 saturated heterocycles. The molecule has 1 aliphatic heterocycles. The Kier molecular flexibility index (Phi) is 5.98. The number of anilines is 1. The van der Waals surface area contributed by atoms with Gasteiger partial charge in [0.05, 0.1) is 0 Å². The van der Waals surface area contributed by atoms with Gasteiger partial charge in [-0.25, -0.2) is 4.39 Å². The number of ketones is 1. The molecule has 2 N–H and O–H groups in total. The number of carbonyl (C=O) groups is 2. The number of pyridine rings is 1. The first-order chi connectivity index (χ1) is 14.8. The van der Waals surface area contributed by atoms with Gasteiger partial charge in [-0.3, -0.25) is 14.6 Å². The molecule has 0 saturated carbocycles. The summed E-state index contributed by atoms with van der Waals surface area (Å²) >= 11 is 0. The highest BCUT2D eigenvalue weighted by atomic mass is 19.4. The topological polar surface area (TPSA) is 88.5 Å². The van der Waals surface area contributed by atoms with E-state index in [4.69, 9.17) is 4.74 Å². The van der Waals surface area contributed by atoms with Gasteiger partial charge in [0.25, 0.3) is 5.91 Å². The summed E-state index contributed by atoms with van der Waals surface area (Å²) in [6.07, 6.45) is -5.50. The van der Waals surface area contributed by atoms with Gasteiger partial charge < -0.3 is 15.2 Å². The molecule has 1 aromatic carbocycles. The smallest absolute Gasteiger partial charge is 0.417 e. The number of hydrogen-bond donors (Lipinski definition) is 2. The minimum atomic E-state index is -4.91. The van der Waals surface area contributed by atoms with Crippen LogP contribution in [0.1, 0.15) is 42.7 Å². The largest absolute Gasteiger partial charge is 0.505 e. The van der Waals surface area contributed by atoms with Gasteiger partial charge in [0.1, 0.15) is 11.8 Å². The van der Waals surface area contributed by atoms with Crippen LogP contribution in [-0.2, 0) is 9.53 Å². The summed E-state index contributed by atoms with van der Waals surface area (Å²) < 4.78 is 74.1. The summed E-state index contributed by atoms with van der Waals surface area (Å²) in [7, 11) is 0. The predicted molar refractivity (Wildman–Crippen MR) is 102 cm³/mol. The van der Waals surface area contributed by atoms with Crippen molar-refractivity contribution in [3.63, 3.8) is 0 Å². The SMILES string of the molecule is CC(=O)c1cc(NC(=O)[C@H]2O[C@](C)(C(F)(F)F)[C@H](C)[C@@H]2c2ccc(F)c(F)c2O)ccn1. The van der Waals surface area contributed by atoms with E-state index in [1.807, 2.05) is 0 Å². The normalized spacial score (nSPS) is 25.6. The summed E-state index contributed by atoms with van der Waals surface area (Å²) in [5.41, 5.74) is -3.14. The third-order valence-corrected chi connectivity index (χ3v) is 5.77. The first-order valence-corrected chi connectivity index (χ1v) is 9.47. The molecule has 1 amide bonds. The van der Waals surface area contributed by atoms with Crippen molar-refractivity contribution >= 4 is 17.4 Å². The number of aromatic hydroxyl groups is 1. The number of nitrogens with one attached hydrogen (secondary N) is 1. The van der Waals surface area contributed by atoms with E-state index >= 15 is 0 Å². The van der Waals surface area contributed by atoms with Crippen LogP contribution < -0.4 is 5.32 Å². The Morgan fingerprint density at radius 1 is 1.22 bits per heavy atom. The summed E-state index contributed by atoms with van der Waals surface area (Å²) in [5, 5.41) is 12.4. The summed E-state index contributed by atoms with van der Waals surface area (Å²) in [6.45, 7) is 3.13. The van der Waals surface area contributed by atoms with E-state index in [2.05, 4.69) is 10.3 Å². The number of alkyl halides is 3. The fraction of sp³-hybridized carbons (Fsp3) is 0.381. The summed E-state index contributed by atoms with van der Waals surface area (Å²) in [6, 6.07) is 4.11. The quantitative estimate of drug-likeness (QED) is 0.526. The first kappa shape index (κ1) is 23.6. The Morgan fingerprint density at radius 3 is 2.47 bits per heavy atom. The molecule has 1 aliphatic rings. The molecule has 0 unspecified atom stereocenters. The number of rotatable bonds is 4. The van der Waals surface area contributed by atoms with E-state index in [-0.39, 0.29) is 11.4 Å². The molecule has 1 aromatic heterocycles. The zero-order chi connectivity index (χ0) is 24.0. The van der Waals surface area contributed by atoms with Crippen LogP contribution in [0.5, 0.6) is 5.75 Å². The van der Waals surface area contributed by atoms with Gasteiger partial charge in [0.15, 0.2) is 23.0 Å². The number of aromatic nitrogens is 1. The van der Waals surface area contributed by atoms with E-state index in [1.54, 1.807) is 0 Å². The van der Waals surface area contributed by atoms with Crippen molar-refractivity contribution in [3.05, 3.63) is 53.4 Å². The molecule has 0 spiro atoms. The summed E-state index contributed by atoms with van der Waals surface area (Å²) in [4.78, 5) is 28.3. The second kappa shape index (κ2) is 8.12. The fourth-order valence-corrected chi connectivity index (χ4v) is 3.76. The minimum absolute atomic E-state index is 0.0124. The van der Waals surface area contributed by atoms with Crippen LogP contribution in [0.15, 0.2) is 30.5 Å². The number of nitrogens with zero attached hydrogens (tertiary/aromatic N) is 1. The van der Waals surface area contributed by atoms with Crippen molar-refractivity contribution < 1.29 is 41.4 Å². The number of phenols is 1. The van der Waals surface area contributed by atoms with Gasteiger partial charge in [-0.05, 0) is 25.1 Å². The monoisotopic (exact) mass is 458 g/mol. The second-order valence-electron chi connectivity index (χ2n) is 7.73. The lowest BCUT2D eigenvalue weighted by atomic mass is 9.77. The lowest BCUT2D eigenvalue weighted by molar-refractivity contribution is -0.272. The molecular weight excluding hydrogens is 439 g/mol. The highest BCUT2D eigenvalue weighted by Gasteiger charge is 2.65. The molecule has 6 nitrogen and oxygen atoms in total. The maximum absolute atomic E-state index is 14.0. The van der Waals surface area contributed by atoms with E-state index < -0.39 is 64.4 Å². The molecule has 32 heavy (non-hydrogen) atoms. The van der Waals surface area contributed by atoms with Gasteiger partial charge in [0.2, 0.25) is 5.82 Å². The number of amides is 1. The van der Waals surface area contributed by atoms with E-state index in [9.17, 15) is 36.6 Å². The van der Waals surface area contributed by atoms with Crippen LogP contribution in [0.3, 0.4) is 0 Å². The van der Waals surface area contributed by atoms with Gasteiger partial charge in [0, 0.05) is 36.2 Å². The Bertz CT molecular complexity index is 1070. The average molecular weight is 458 g/mol. The van der Waals surface area contributed by atoms with Crippen molar-refractivity contribution in [2.24, 2.45) is 5.92 Å². The average Bonchev–Trinajstić information content (AvgIpc) is 2.99. The van der Waals surface area contributed by atoms with Crippen molar-refractivity contribution in [2.75, 3.05) is 5.32 Å². The Hall–Kier alpha value is -3.08. The number of hydrogen-bond acceptors (Lipinski definition) is 5. The van der Waals surface area contributed by atoms with E-state index in [1.165, 1.54) is 25.3 Å². The van der Waals surface area contributed by atoms with Gasteiger partial charge in [-0.15, -0.1) is 0 Å². The molecule has 0 bridgehead atoms. The second-order valence-corrected chi connectivity index (χ2v) is 7.73. The number of halogens is 5. The molecular formula is C21H19F5N2O4. The van der Waals surface area contributed by atoms with Crippen LogP contribution in [0, 0.1) is 17.6 Å². The van der Waals surface area contributed by atoms with E-state index in [0.717, 1.165) is 19.9 Å². The van der Waals surface area contributed by atoms with Crippen molar-refractivity contribution in [3.8, 4) is 5.75 Å². The third-order valence-electron chi connectivity index (χ3n) is 5.77. The van der Waals surface area contributed by atoms with Crippen LogP contribution in [0.4, 0.5) is 27.6 Å². The lowest BCUT2D eigenvalue weighted by Crippen LogP contribution is -2.47. The Morgan fingerprint density at radius 2 is 1.88 bits per heavy atom. The van der Waals surface area contributed by atoms with Crippen LogP contribution >= 0.6 is 0 Å². The molecule has 11 heteroatoms. The highest BCUT2D eigenvalue weighted by Crippen LogP contribution is 2.54. The van der Waals surface area contributed by atoms with E-state index in [0.29, 0.717) is 6.07 Å². The zero-order valence-electron chi connectivity index (χ0n) is 17.1.